The van der Waals surface area contributed by atoms with E-state index in [-0.39, 0.29) is 22.9 Å². The van der Waals surface area contributed by atoms with Crippen molar-refractivity contribution in [2.24, 2.45) is 0 Å². The van der Waals surface area contributed by atoms with Gasteiger partial charge in [-0.15, -0.1) is 0 Å². The highest BCUT2D eigenvalue weighted by atomic mass is 19.3. The number of H-pyrrole nitrogens is 1. The van der Waals surface area contributed by atoms with Gasteiger partial charge in [0.15, 0.2) is 11.6 Å². The summed E-state index contributed by atoms with van der Waals surface area (Å²) in [5.74, 6) is -0.0236. The number of pyridine rings is 2. The zero-order valence-corrected chi connectivity index (χ0v) is 20.5. The van der Waals surface area contributed by atoms with Gasteiger partial charge >= 0.3 is 0 Å². The van der Waals surface area contributed by atoms with E-state index in [0.29, 0.717) is 23.4 Å². The molecule has 4 aromatic rings. The molecule has 0 bridgehead atoms. The Hall–Kier alpha value is -3.57. The normalized spacial score (nSPS) is 14.6. The number of likely N-dealkylation sites (N-methyl/N-ethyl adjacent to an activating group) is 1. The molecule has 1 aliphatic rings. The lowest BCUT2D eigenvalue weighted by atomic mass is 10.2. The van der Waals surface area contributed by atoms with Gasteiger partial charge in [-0.25, -0.2) is 28.1 Å². The summed E-state index contributed by atoms with van der Waals surface area (Å²) in [4.78, 5) is 24.7. The van der Waals surface area contributed by atoms with Crippen molar-refractivity contribution in [2.45, 2.75) is 26.8 Å². The third-order valence-electron chi connectivity index (χ3n) is 5.85. The lowest BCUT2D eigenvalue weighted by molar-refractivity contribution is 0.146. The number of aromatic nitrogens is 5. The molecule has 0 aliphatic carbocycles. The summed E-state index contributed by atoms with van der Waals surface area (Å²) >= 11 is 0. The summed E-state index contributed by atoms with van der Waals surface area (Å²) in [5, 5.41) is 3.76. The van der Waals surface area contributed by atoms with Crippen LogP contribution in [0.25, 0.3) is 22.6 Å². The van der Waals surface area contributed by atoms with E-state index in [1.807, 2.05) is 20.0 Å². The molecule has 0 radical (unpaired) electrons. The predicted molar refractivity (Wildman–Crippen MR) is 134 cm³/mol. The minimum absolute atomic E-state index is 0.153. The summed E-state index contributed by atoms with van der Waals surface area (Å²) in [6.45, 7) is 8.47. The van der Waals surface area contributed by atoms with Crippen LogP contribution < -0.4 is 5.32 Å². The molecule has 2 N–H and O–H groups in total. The minimum atomic E-state index is -2.71. The first-order valence-corrected chi connectivity index (χ1v) is 11.9. The van der Waals surface area contributed by atoms with Crippen LogP contribution in [0.5, 0.6) is 0 Å². The average molecular weight is 499 g/mol. The van der Waals surface area contributed by atoms with Gasteiger partial charge in [0.1, 0.15) is 22.9 Å². The summed E-state index contributed by atoms with van der Waals surface area (Å²) in [5.41, 5.74) is 1.50. The highest BCUT2D eigenvalue weighted by Crippen LogP contribution is 2.31. The lowest BCUT2D eigenvalue weighted by Crippen LogP contribution is -2.43. The highest BCUT2D eigenvalue weighted by Gasteiger charge is 2.21. The molecule has 1 fully saturated rings. The van der Waals surface area contributed by atoms with Crippen molar-refractivity contribution >= 4 is 22.5 Å². The molecule has 5 heterocycles. The van der Waals surface area contributed by atoms with Crippen LogP contribution in [0.15, 0.2) is 42.9 Å². The van der Waals surface area contributed by atoms with Gasteiger partial charge in [-0.1, -0.05) is 19.9 Å². The van der Waals surface area contributed by atoms with E-state index in [4.69, 9.17) is 0 Å². The minimum Gasteiger partial charge on any atom is -0.346 e. The molecule has 8 nitrogen and oxygen atoms in total. The molecule has 11 heteroatoms. The largest absolute Gasteiger partial charge is 0.346 e. The van der Waals surface area contributed by atoms with Crippen molar-refractivity contribution in [3.05, 3.63) is 59.9 Å². The zero-order valence-electron chi connectivity index (χ0n) is 20.5. The molecule has 0 spiro atoms. The molecular formula is C25H29F3N8. The van der Waals surface area contributed by atoms with Crippen LogP contribution in [0.4, 0.5) is 24.7 Å². The maximum atomic E-state index is 14.4. The Bertz CT molecular complexity index is 1300. The number of halogens is 3. The number of rotatable bonds is 6. The van der Waals surface area contributed by atoms with Crippen molar-refractivity contribution < 1.29 is 13.2 Å². The van der Waals surface area contributed by atoms with Gasteiger partial charge in [0.25, 0.3) is 6.43 Å². The molecule has 4 aromatic heterocycles. The first-order valence-electron chi connectivity index (χ1n) is 11.9. The Labute approximate surface area is 207 Å². The van der Waals surface area contributed by atoms with E-state index in [2.05, 4.69) is 47.1 Å². The Kier molecular flexibility index (Phi) is 8.11. The molecule has 0 amide bonds. The smallest absolute Gasteiger partial charge is 0.280 e. The number of piperazine rings is 1. The molecule has 190 valence electrons. The SMILES string of the molecule is CC.CN1CCN(Cc2c[nH]c3nc(-c4cccc(C(F)F)n4)nc(Nc4ccncc4F)c23)CC1. The number of fused-ring (bicyclic) bond motifs is 1. The van der Waals surface area contributed by atoms with Crippen LogP contribution in [0, 0.1) is 5.82 Å². The maximum Gasteiger partial charge on any atom is 0.280 e. The van der Waals surface area contributed by atoms with E-state index in [1.165, 1.54) is 24.4 Å². The van der Waals surface area contributed by atoms with Crippen molar-refractivity contribution in [1.82, 2.24) is 34.7 Å². The van der Waals surface area contributed by atoms with E-state index in [9.17, 15) is 13.2 Å². The molecule has 5 rings (SSSR count). The fraction of sp³-hybridized carbons (Fsp3) is 0.360. The first-order chi connectivity index (χ1) is 17.5. The molecule has 0 atom stereocenters. The molecule has 36 heavy (non-hydrogen) atoms. The second kappa shape index (κ2) is 11.4. The van der Waals surface area contributed by atoms with Crippen LogP contribution in [-0.4, -0.2) is 67.9 Å². The van der Waals surface area contributed by atoms with Gasteiger partial charge in [0.05, 0.1) is 17.3 Å². The Morgan fingerprint density at radius 3 is 2.56 bits per heavy atom. The highest BCUT2D eigenvalue weighted by molar-refractivity contribution is 5.93. The van der Waals surface area contributed by atoms with E-state index < -0.39 is 12.2 Å². The third-order valence-corrected chi connectivity index (χ3v) is 5.85. The zero-order chi connectivity index (χ0) is 25.7. The van der Waals surface area contributed by atoms with Crippen molar-refractivity contribution in [1.29, 1.82) is 0 Å². The lowest BCUT2D eigenvalue weighted by Gasteiger charge is -2.32. The number of hydrogen-bond donors (Lipinski definition) is 2. The second-order valence-corrected chi connectivity index (χ2v) is 8.24. The van der Waals surface area contributed by atoms with Crippen LogP contribution in [0.3, 0.4) is 0 Å². The summed E-state index contributed by atoms with van der Waals surface area (Å²) in [6.07, 6.45) is 1.73. The maximum absolute atomic E-state index is 14.4. The number of nitrogens with zero attached hydrogens (tertiary/aromatic N) is 6. The fourth-order valence-electron chi connectivity index (χ4n) is 3.98. The molecule has 0 unspecified atom stereocenters. The predicted octanol–water partition coefficient (Wildman–Crippen LogP) is 5.01. The van der Waals surface area contributed by atoms with Gasteiger partial charge < -0.3 is 15.2 Å². The standard InChI is InChI=1S/C23H23F3N8.C2H6/c1-33-7-9-34(10-8-33)13-14-11-28-22-19(14)23(30-16-5-6-27-12-15(16)24)32-21(31-22)18-4-2-3-17(29-18)20(25)26;1-2/h2-6,11-12,20H,7-10,13H2,1H3,(H2,27,28,30,31,32);1-2H3. The van der Waals surface area contributed by atoms with Crippen LogP contribution >= 0.6 is 0 Å². The van der Waals surface area contributed by atoms with E-state index in [1.54, 1.807) is 6.07 Å². The van der Waals surface area contributed by atoms with Crippen molar-refractivity contribution in [3.8, 4) is 11.5 Å². The molecule has 1 aliphatic heterocycles. The molecule has 1 saturated heterocycles. The van der Waals surface area contributed by atoms with Gasteiger partial charge in [0, 0.05) is 45.1 Å². The first kappa shape index (κ1) is 25.5. The molecule has 0 saturated carbocycles. The Morgan fingerprint density at radius 1 is 1.06 bits per heavy atom. The van der Waals surface area contributed by atoms with Gasteiger partial charge in [-0.2, -0.15) is 0 Å². The Morgan fingerprint density at radius 2 is 1.83 bits per heavy atom. The monoisotopic (exact) mass is 498 g/mol. The molecular weight excluding hydrogens is 469 g/mol. The second-order valence-electron chi connectivity index (χ2n) is 8.24. The number of nitrogens with one attached hydrogen (secondary N) is 2. The third kappa shape index (κ3) is 5.63. The quantitative estimate of drug-likeness (QED) is 0.387. The van der Waals surface area contributed by atoms with Gasteiger partial charge in [-0.3, -0.25) is 9.88 Å². The van der Waals surface area contributed by atoms with Crippen molar-refractivity contribution in [3.63, 3.8) is 0 Å². The average Bonchev–Trinajstić information content (AvgIpc) is 3.31. The number of aromatic amines is 1. The van der Waals surface area contributed by atoms with Crippen molar-refractivity contribution in [2.75, 3.05) is 38.5 Å². The van der Waals surface area contributed by atoms with Crippen LogP contribution in [0.2, 0.25) is 0 Å². The van der Waals surface area contributed by atoms with E-state index >= 15 is 0 Å². The summed E-state index contributed by atoms with van der Waals surface area (Å²) in [6, 6.07) is 5.81. The van der Waals surface area contributed by atoms with Crippen LogP contribution in [-0.2, 0) is 6.54 Å². The topological polar surface area (TPSA) is 85.9 Å². The number of alkyl halides is 2. The van der Waals surface area contributed by atoms with E-state index in [0.717, 1.165) is 37.9 Å². The summed E-state index contributed by atoms with van der Waals surface area (Å²) in [7, 11) is 2.10. The van der Waals surface area contributed by atoms with Gasteiger partial charge in [0.2, 0.25) is 0 Å². The molecule has 0 aromatic carbocycles. The number of hydrogen-bond acceptors (Lipinski definition) is 7. The fourth-order valence-corrected chi connectivity index (χ4v) is 3.98. The van der Waals surface area contributed by atoms with Crippen LogP contribution in [0.1, 0.15) is 31.5 Å². The number of anilines is 2. The summed E-state index contributed by atoms with van der Waals surface area (Å²) < 4.78 is 40.8. The Balaban J connectivity index is 0.00000148. The van der Waals surface area contributed by atoms with Gasteiger partial charge in [-0.05, 0) is 30.8 Å².